The van der Waals surface area contributed by atoms with Gasteiger partial charge in [-0.25, -0.2) is 0 Å². The Kier molecular flexibility index (Phi) is 3.13. The lowest BCUT2D eigenvalue weighted by Crippen LogP contribution is -1.89. The van der Waals surface area contributed by atoms with Gasteiger partial charge in [0.15, 0.2) is 0 Å². The number of benzene rings is 2. The third kappa shape index (κ3) is 2.95. The molecule has 2 nitrogen and oxygen atoms in total. The van der Waals surface area contributed by atoms with E-state index in [1.807, 2.05) is 60.7 Å². The molecule has 2 rings (SSSR count). The van der Waals surface area contributed by atoms with Gasteiger partial charge in [0.1, 0.15) is 6.21 Å². The minimum atomic E-state index is 0.959. The third-order valence-electron chi connectivity index (χ3n) is 1.92. The van der Waals surface area contributed by atoms with Crippen LogP contribution < -0.4 is 5.43 Å². The van der Waals surface area contributed by atoms with Crippen molar-refractivity contribution in [3.63, 3.8) is 0 Å². The van der Waals surface area contributed by atoms with Crippen LogP contribution in [0, 0.1) is 0 Å². The van der Waals surface area contributed by atoms with Crippen molar-refractivity contribution in [2.24, 2.45) is 5.10 Å². The van der Waals surface area contributed by atoms with Gasteiger partial charge in [-0.1, -0.05) is 48.5 Å². The van der Waals surface area contributed by atoms with Crippen molar-refractivity contribution in [3.8, 4) is 0 Å². The Hall–Kier alpha value is -2.09. The minimum absolute atomic E-state index is 0.959. The molecule has 15 heavy (non-hydrogen) atoms. The van der Waals surface area contributed by atoms with Crippen molar-refractivity contribution in [3.05, 3.63) is 66.2 Å². The second-order valence-corrected chi connectivity index (χ2v) is 3.07. The topological polar surface area (TPSA) is 24.4 Å². The fourth-order valence-electron chi connectivity index (χ4n) is 1.18. The quantitative estimate of drug-likeness (QED) is 0.591. The van der Waals surface area contributed by atoms with Gasteiger partial charge in [0, 0.05) is 5.56 Å². The average Bonchev–Trinajstić information content (AvgIpc) is 2.32. The summed E-state index contributed by atoms with van der Waals surface area (Å²) in [6, 6.07) is 19.6. The van der Waals surface area contributed by atoms with Gasteiger partial charge >= 0.3 is 0 Å². The van der Waals surface area contributed by atoms with E-state index in [9.17, 15) is 0 Å². The smallest absolute Gasteiger partial charge is 0.119 e. The van der Waals surface area contributed by atoms with Gasteiger partial charge in [-0.3, -0.25) is 5.43 Å². The SMILES string of the molecule is [C](=N\Nc1ccccc1)/c1ccccc1. The number of hydrogen-bond acceptors (Lipinski definition) is 2. The standard InChI is InChI=1S/C13H11N2/c1-3-7-12(8-4-1)11-14-15-13-9-5-2-6-10-13/h1-10,15H. The predicted octanol–water partition coefficient (Wildman–Crippen LogP) is 3.01. The Balaban J connectivity index is 1.97. The molecule has 0 saturated heterocycles. The first kappa shape index (κ1) is 9.46. The summed E-state index contributed by atoms with van der Waals surface area (Å²) in [6.07, 6.45) is 2.91. The fraction of sp³-hybridized carbons (Fsp3) is 0. The lowest BCUT2D eigenvalue weighted by Gasteiger charge is -1.97. The maximum absolute atomic E-state index is 4.01. The van der Waals surface area contributed by atoms with Crippen molar-refractivity contribution < 1.29 is 0 Å². The number of nitrogens with one attached hydrogen (secondary N) is 1. The first-order chi connectivity index (χ1) is 7.45. The molecule has 0 unspecified atom stereocenters. The molecule has 0 saturated carbocycles. The Morgan fingerprint density at radius 1 is 0.800 bits per heavy atom. The average molecular weight is 195 g/mol. The highest BCUT2D eigenvalue weighted by Crippen LogP contribution is 2.04. The van der Waals surface area contributed by atoms with Crippen molar-refractivity contribution in [2.45, 2.75) is 0 Å². The Bertz CT molecular complexity index is 421. The van der Waals surface area contributed by atoms with Gasteiger partial charge in [0.2, 0.25) is 0 Å². The van der Waals surface area contributed by atoms with E-state index >= 15 is 0 Å². The first-order valence-corrected chi connectivity index (χ1v) is 4.77. The summed E-state index contributed by atoms with van der Waals surface area (Å²) in [6.45, 7) is 0. The highest BCUT2D eigenvalue weighted by Gasteiger charge is 1.86. The van der Waals surface area contributed by atoms with E-state index in [1.54, 1.807) is 0 Å². The van der Waals surface area contributed by atoms with Crippen LogP contribution in [0.4, 0.5) is 5.69 Å². The van der Waals surface area contributed by atoms with Crippen LogP contribution in [0.1, 0.15) is 5.56 Å². The van der Waals surface area contributed by atoms with E-state index in [0.29, 0.717) is 0 Å². The highest BCUT2D eigenvalue weighted by molar-refractivity contribution is 5.79. The van der Waals surface area contributed by atoms with Gasteiger partial charge in [-0.05, 0) is 12.1 Å². The van der Waals surface area contributed by atoms with Crippen molar-refractivity contribution in [2.75, 3.05) is 5.43 Å². The molecule has 1 N–H and O–H groups in total. The number of nitrogens with zero attached hydrogens (tertiary/aromatic N) is 1. The maximum Gasteiger partial charge on any atom is 0.119 e. The second kappa shape index (κ2) is 4.96. The van der Waals surface area contributed by atoms with E-state index in [4.69, 9.17) is 0 Å². The molecule has 73 valence electrons. The largest absolute Gasteiger partial charge is 0.278 e. The summed E-state index contributed by atoms with van der Waals surface area (Å²) in [5.74, 6) is 0. The van der Waals surface area contributed by atoms with Gasteiger partial charge < -0.3 is 0 Å². The molecule has 0 spiro atoms. The van der Waals surface area contributed by atoms with E-state index < -0.39 is 0 Å². The van der Waals surface area contributed by atoms with Crippen LogP contribution in [0.5, 0.6) is 0 Å². The molecule has 0 amide bonds. The van der Waals surface area contributed by atoms with Crippen LogP contribution in [0.2, 0.25) is 0 Å². The molecule has 0 atom stereocenters. The monoisotopic (exact) mass is 195 g/mol. The molecule has 0 aliphatic heterocycles. The zero-order chi connectivity index (χ0) is 10.3. The van der Waals surface area contributed by atoms with Crippen LogP contribution in [-0.4, -0.2) is 6.21 Å². The van der Waals surface area contributed by atoms with Crippen molar-refractivity contribution in [1.29, 1.82) is 0 Å². The molecule has 1 radical (unpaired) electrons. The Morgan fingerprint density at radius 2 is 1.40 bits per heavy atom. The van der Waals surface area contributed by atoms with E-state index in [2.05, 4.69) is 16.7 Å². The third-order valence-corrected chi connectivity index (χ3v) is 1.92. The number of rotatable bonds is 3. The molecule has 0 aromatic heterocycles. The van der Waals surface area contributed by atoms with E-state index in [-0.39, 0.29) is 0 Å². The van der Waals surface area contributed by atoms with Crippen LogP contribution >= 0.6 is 0 Å². The molecular formula is C13H11N2. The second-order valence-electron chi connectivity index (χ2n) is 3.07. The summed E-state index contributed by atoms with van der Waals surface area (Å²) < 4.78 is 0. The molecule has 2 heteroatoms. The molecule has 0 fully saturated rings. The van der Waals surface area contributed by atoms with E-state index in [1.165, 1.54) is 0 Å². The Labute approximate surface area is 89.3 Å². The predicted molar refractivity (Wildman–Crippen MR) is 63.0 cm³/mol. The lowest BCUT2D eigenvalue weighted by atomic mass is 10.2. The van der Waals surface area contributed by atoms with Crippen LogP contribution in [0.3, 0.4) is 0 Å². The van der Waals surface area contributed by atoms with Gasteiger partial charge in [0.05, 0.1) is 5.69 Å². The molecule has 2 aromatic rings. The summed E-state index contributed by atoms with van der Waals surface area (Å²) in [5.41, 5.74) is 4.83. The lowest BCUT2D eigenvalue weighted by molar-refractivity contribution is 1.35. The fourth-order valence-corrected chi connectivity index (χ4v) is 1.18. The molecular weight excluding hydrogens is 184 g/mol. The van der Waals surface area contributed by atoms with Crippen LogP contribution in [0.25, 0.3) is 0 Å². The molecule has 0 heterocycles. The number of para-hydroxylation sites is 1. The van der Waals surface area contributed by atoms with Gasteiger partial charge in [-0.2, -0.15) is 5.10 Å². The number of anilines is 1. The van der Waals surface area contributed by atoms with Crippen LogP contribution in [-0.2, 0) is 0 Å². The zero-order valence-corrected chi connectivity index (χ0v) is 8.22. The summed E-state index contributed by atoms with van der Waals surface area (Å²) in [4.78, 5) is 0. The molecule has 0 bridgehead atoms. The minimum Gasteiger partial charge on any atom is -0.278 e. The van der Waals surface area contributed by atoms with Gasteiger partial charge in [0.25, 0.3) is 0 Å². The first-order valence-electron chi connectivity index (χ1n) is 4.77. The zero-order valence-electron chi connectivity index (χ0n) is 8.22. The highest BCUT2D eigenvalue weighted by atomic mass is 15.3. The molecule has 2 aromatic carbocycles. The normalized spacial score (nSPS) is 10.4. The van der Waals surface area contributed by atoms with Gasteiger partial charge in [-0.15, -0.1) is 0 Å². The van der Waals surface area contributed by atoms with Crippen molar-refractivity contribution >= 4 is 11.9 Å². The summed E-state index contributed by atoms with van der Waals surface area (Å²) in [5, 5.41) is 4.01. The van der Waals surface area contributed by atoms with Crippen LogP contribution in [0.15, 0.2) is 65.8 Å². The van der Waals surface area contributed by atoms with Crippen molar-refractivity contribution in [1.82, 2.24) is 0 Å². The Morgan fingerprint density at radius 3 is 2.07 bits per heavy atom. The molecule has 0 aliphatic rings. The summed E-state index contributed by atoms with van der Waals surface area (Å²) in [7, 11) is 0. The number of hydrazone groups is 1. The maximum atomic E-state index is 4.01. The van der Waals surface area contributed by atoms with E-state index in [0.717, 1.165) is 11.3 Å². The number of hydrogen-bond donors (Lipinski definition) is 1. The molecule has 0 aliphatic carbocycles. The summed E-state index contributed by atoms with van der Waals surface area (Å²) >= 11 is 0.